The average Bonchev–Trinajstić information content (AvgIpc) is 2.74. The topological polar surface area (TPSA) is 72.2 Å². The maximum absolute atomic E-state index is 7.50. The van der Waals surface area contributed by atoms with E-state index in [1.54, 1.807) is 0 Å². The number of ether oxygens (including phenoxy) is 1. The quantitative estimate of drug-likeness (QED) is 0.575. The molecule has 0 unspecified atom stereocenters. The molecule has 1 saturated heterocycles. The van der Waals surface area contributed by atoms with Crippen LogP contribution in [0.25, 0.3) is 0 Å². The van der Waals surface area contributed by atoms with Crippen LogP contribution in [-0.2, 0) is 36.1 Å². The van der Waals surface area contributed by atoms with Crippen LogP contribution in [0, 0.1) is 64.9 Å². The minimum atomic E-state index is 0. The number of hydrogen-bond acceptors (Lipinski definition) is 2. The zero-order chi connectivity index (χ0) is 19.8. The first kappa shape index (κ1) is 28.1. The van der Waals surface area contributed by atoms with Crippen LogP contribution in [0.3, 0.4) is 0 Å². The number of aryl methyl sites for hydroxylation is 1. The molecular weight excluding hydrogens is 382 g/mol. The maximum Gasteiger partial charge on any atom is 0 e. The Balaban J connectivity index is 0. The fraction of sp³-hybridized carbons (Fsp3) is 0.286. The Kier molecular flexibility index (Phi) is 19.0. The molecule has 1 aliphatic heterocycles. The molecule has 140 valence electrons. The van der Waals surface area contributed by atoms with E-state index >= 15 is 0 Å². The van der Waals surface area contributed by atoms with Crippen molar-refractivity contribution >= 4 is 0 Å². The Hall–Kier alpha value is -1.11. The van der Waals surface area contributed by atoms with Crippen molar-refractivity contribution in [3.05, 3.63) is 93.4 Å². The van der Waals surface area contributed by atoms with Gasteiger partial charge < -0.3 is 4.74 Å². The first-order valence-corrected chi connectivity index (χ1v) is 7.89. The summed E-state index contributed by atoms with van der Waals surface area (Å²) < 4.78 is 28.0. The monoisotopic (exact) mass is 403 g/mol. The molecule has 0 N–H and O–H groups in total. The van der Waals surface area contributed by atoms with Crippen LogP contribution in [-0.4, -0.2) is 31.2 Å². The fourth-order valence-corrected chi connectivity index (χ4v) is 2.93. The van der Waals surface area contributed by atoms with Crippen LogP contribution < -0.4 is 0 Å². The van der Waals surface area contributed by atoms with Crippen LogP contribution in [0.4, 0.5) is 0 Å². The Morgan fingerprint density at radius 2 is 1.48 bits per heavy atom. The smallest absolute Gasteiger partial charge is 0 e. The summed E-state index contributed by atoms with van der Waals surface area (Å²) in [5.41, 5.74) is 2.69. The van der Waals surface area contributed by atoms with Gasteiger partial charge in [-0.25, -0.2) is 0 Å². The van der Waals surface area contributed by atoms with Gasteiger partial charge in [-0.15, -0.1) is 0 Å². The predicted octanol–water partition coefficient (Wildman–Crippen LogP) is 2.86. The first-order chi connectivity index (χ1) is 12.8. The van der Waals surface area contributed by atoms with Gasteiger partial charge in [-0.05, 0) is 44.6 Å². The predicted molar refractivity (Wildman–Crippen MR) is 92.8 cm³/mol. The second-order valence-corrected chi connectivity index (χ2v) is 5.38. The third kappa shape index (κ3) is 9.58. The minimum Gasteiger partial charge on any atom is 0 e. The van der Waals surface area contributed by atoms with Gasteiger partial charge in [0.15, 0.2) is 0 Å². The molecule has 1 aromatic rings. The van der Waals surface area contributed by atoms with Crippen LogP contribution >= 0.6 is 0 Å². The number of morpholine rings is 1. The summed E-state index contributed by atoms with van der Waals surface area (Å²) in [4.78, 5) is 2.52. The van der Waals surface area contributed by atoms with Crippen molar-refractivity contribution in [3.8, 4) is 0 Å². The number of nitrogens with zero attached hydrogens (tertiary/aromatic N) is 1. The summed E-state index contributed by atoms with van der Waals surface area (Å²) >= 11 is 0. The van der Waals surface area contributed by atoms with Crippen molar-refractivity contribution < 1.29 is 36.1 Å². The van der Waals surface area contributed by atoms with Gasteiger partial charge in [0.2, 0.25) is 0 Å². The molecule has 1 aliphatic carbocycles. The van der Waals surface area contributed by atoms with Gasteiger partial charge in [-0.1, -0.05) is 29.8 Å². The van der Waals surface area contributed by atoms with Gasteiger partial charge in [0.1, 0.15) is 0 Å². The summed E-state index contributed by atoms with van der Waals surface area (Å²) in [5.74, 6) is 1.36. The van der Waals surface area contributed by atoms with Crippen molar-refractivity contribution in [2.75, 3.05) is 26.3 Å². The zero-order valence-electron chi connectivity index (χ0n) is 15.1. The van der Waals surface area contributed by atoms with E-state index in [9.17, 15) is 0 Å². The molecule has 0 bridgehead atoms. The van der Waals surface area contributed by atoms with Gasteiger partial charge >= 0.3 is 33.9 Å². The molecule has 1 atom stereocenters. The number of benzene rings is 1. The van der Waals surface area contributed by atoms with Gasteiger partial charge in [0.25, 0.3) is 0 Å². The van der Waals surface area contributed by atoms with Crippen molar-refractivity contribution in [2.45, 2.75) is 13.0 Å². The Morgan fingerprint density at radius 1 is 0.926 bits per heavy atom. The molecule has 5 nitrogen and oxygen atoms in total. The summed E-state index contributed by atoms with van der Waals surface area (Å²) in [6, 6.07) is 9.18. The van der Waals surface area contributed by atoms with E-state index in [1.165, 1.54) is 17.0 Å². The molecule has 0 amide bonds. The molecule has 6 heteroatoms. The van der Waals surface area contributed by atoms with E-state index in [4.69, 9.17) is 18.7 Å². The Morgan fingerprint density at radius 3 is 2.00 bits per heavy atom. The molecule has 2 fully saturated rings. The molecule has 1 aromatic carbocycles. The maximum atomic E-state index is 7.50. The standard InChI is InChI=1S/C18H21NO.3CO.Cr/c1-15-6-5-9-17(14-15)18(16-7-3-2-4-8-16)19-10-12-20-13-11-19;3*1-2;/h2-9,14,18H,10-13H2,1H3;;;;/t18-;;;;/m0..../s1. The van der Waals surface area contributed by atoms with E-state index in [1.807, 2.05) is 0 Å². The van der Waals surface area contributed by atoms with Crippen LogP contribution in [0.1, 0.15) is 17.2 Å². The number of rotatable bonds is 3. The molecule has 0 spiro atoms. The summed E-state index contributed by atoms with van der Waals surface area (Å²) in [7, 11) is 0. The van der Waals surface area contributed by atoms with Crippen molar-refractivity contribution in [3.63, 3.8) is 0 Å². The molecule has 3 rings (SSSR count). The van der Waals surface area contributed by atoms with E-state index in [0.29, 0.717) is 6.04 Å². The van der Waals surface area contributed by atoms with Crippen molar-refractivity contribution in [1.29, 1.82) is 0 Å². The summed E-state index contributed by atoms with van der Waals surface area (Å²) in [6.45, 7) is 19.3. The molecular formula is C21H21CrNO4. The fourth-order valence-electron chi connectivity index (χ4n) is 2.93. The Bertz CT molecular complexity index is 514. The largest absolute Gasteiger partial charge is 0 e. The Labute approximate surface area is 173 Å². The van der Waals surface area contributed by atoms with Crippen molar-refractivity contribution in [1.82, 2.24) is 4.90 Å². The minimum absolute atomic E-state index is 0. The van der Waals surface area contributed by atoms with Crippen LogP contribution in [0.15, 0.2) is 24.3 Å². The zero-order valence-corrected chi connectivity index (χ0v) is 16.4. The first-order valence-electron chi connectivity index (χ1n) is 7.89. The van der Waals surface area contributed by atoms with E-state index in [-0.39, 0.29) is 17.4 Å². The molecule has 6 radical (unpaired) electrons. The molecule has 2 aliphatic rings. The van der Waals surface area contributed by atoms with E-state index < -0.39 is 0 Å². The summed E-state index contributed by atoms with van der Waals surface area (Å²) in [6.07, 6.45) is 10.8. The number of hydrogen-bond donors (Lipinski definition) is 0. The van der Waals surface area contributed by atoms with E-state index in [2.05, 4.69) is 88.1 Å². The second-order valence-electron chi connectivity index (χ2n) is 5.38. The van der Waals surface area contributed by atoms with Crippen LogP contribution in [0.2, 0.25) is 0 Å². The third-order valence-corrected chi connectivity index (χ3v) is 3.88. The normalized spacial score (nSPS) is 17.7. The SMILES string of the molecule is Cc1cccc([C@H]([C]2[CH][CH][CH][CH][CH]2)N2CCOCC2)c1.[C-]#[O+].[C-]#[O+].[C-]#[O+].[Cr]. The van der Waals surface area contributed by atoms with Crippen molar-refractivity contribution in [2.24, 2.45) is 0 Å². The van der Waals surface area contributed by atoms with Gasteiger partial charge in [-0.3, -0.25) is 4.90 Å². The van der Waals surface area contributed by atoms with Gasteiger partial charge in [0, 0.05) is 42.4 Å². The van der Waals surface area contributed by atoms with Gasteiger partial charge in [-0.2, -0.15) is 0 Å². The van der Waals surface area contributed by atoms with Crippen LogP contribution in [0.5, 0.6) is 0 Å². The second kappa shape index (κ2) is 18.3. The van der Waals surface area contributed by atoms with E-state index in [0.717, 1.165) is 26.3 Å². The third-order valence-electron chi connectivity index (χ3n) is 3.88. The average molecular weight is 403 g/mol. The van der Waals surface area contributed by atoms with Gasteiger partial charge in [0.05, 0.1) is 13.2 Å². The molecule has 1 heterocycles. The summed E-state index contributed by atoms with van der Waals surface area (Å²) in [5, 5.41) is 0. The molecule has 27 heavy (non-hydrogen) atoms. The molecule has 0 aromatic heterocycles. The molecule has 1 saturated carbocycles.